The third-order valence-electron chi connectivity index (χ3n) is 12.4. The third-order valence-corrected chi connectivity index (χ3v) is 23.7. The average molecular weight is 823 g/mol. The van der Waals surface area contributed by atoms with Crippen molar-refractivity contribution in [2.75, 3.05) is 25.4 Å². The van der Waals surface area contributed by atoms with Gasteiger partial charge in [-0.1, -0.05) is 120 Å². The molecule has 4 bridgehead atoms. The van der Waals surface area contributed by atoms with Crippen molar-refractivity contribution in [3.05, 3.63) is 145 Å². The second kappa shape index (κ2) is 13.9. The third kappa shape index (κ3) is 6.16. The van der Waals surface area contributed by atoms with Gasteiger partial charge in [0, 0.05) is 59.4 Å². The zero-order valence-corrected chi connectivity index (χ0v) is 34.7. The van der Waals surface area contributed by atoms with Gasteiger partial charge in [0.15, 0.2) is 0 Å². The quantitative estimate of drug-likeness (QED) is 0.158. The predicted octanol–water partition coefficient (Wildman–Crippen LogP) is 7.96. The standard InChI is InChI=1S/2C22H22NO3PS/c2*1-16-9-11-20(12-10-16)28(25,26)23-14-19-13-18(23)15-27(19,24)22-8-4-6-17-5-2-3-7-21(17)22/h2*2-12,18-19H,13-15H2,1H3/t2*18-,19-,27+/m00/s1. The molecule has 288 valence electrons. The van der Waals surface area contributed by atoms with Crippen LogP contribution in [0.4, 0.5) is 0 Å². The molecule has 12 heteroatoms. The molecule has 0 radical (unpaired) electrons. The smallest absolute Gasteiger partial charge is 0.243 e. The van der Waals surface area contributed by atoms with Gasteiger partial charge in [-0.15, -0.1) is 0 Å². The van der Waals surface area contributed by atoms with E-state index in [1.165, 1.54) is 0 Å². The topological polar surface area (TPSA) is 109 Å². The monoisotopic (exact) mass is 822 g/mol. The number of hydrogen-bond donors (Lipinski definition) is 0. The van der Waals surface area contributed by atoms with Gasteiger partial charge in [0.05, 0.1) is 9.79 Å². The molecule has 4 fully saturated rings. The molecule has 10 rings (SSSR count). The summed E-state index contributed by atoms with van der Waals surface area (Å²) in [7, 11) is -12.4. The minimum atomic E-state index is -3.55. The summed E-state index contributed by atoms with van der Waals surface area (Å²) >= 11 is 0. The first-order valence-corrected chi connectivity index (χ1v) is 25.9. The molecule has 4 aliphatic rings. The highest BCUT2D eigenvalue weighted by atomic mass is 32.2. The lowest BCUT2D eigenvalue weighted by Gasteiger charge is -2.31. The van der Waals surface area contributed by atoms with Crippen molar-refractivity contribution in [1.82, 2.24) is 8.61 Å². The number of nitrogens with zero attached hydrogens (tertiary/aromatic N) is 2. The van der Waals surface area contributed by atoms with Crippen LogP contribution < -0.4 is 10.6 Å². The van der Waals surface area contributed by atoms with E-state index < -0.39 is 34.3 Å². The van der Waals surface area contributed by atoms with E-state index in [1.807, 2.05) is 123 Å². The summed E-state index contributed by atoms with van der Waals surface area (Å²) in [4.78, 5) is 0.649. The van der Waals surface area contributed by atoms with Crippen molar-refractivity contribution in [2.24, 2.45) is 0 Å². The van der Waals surface area contributed by atoms with Crippen molar-refractivity contribution in [1.29, 1.82) is 0 Å². The minimum absolute atomic E-state index is 0.0940. The van der Waals surface area contributed by atoms with E-state index in [0.717, 1.165) is 43.3 Å². The van der Waals surface area contributed by atoms with Crippen LogP contribution in [0.15, 0.2) is 143 Å². The highest BCUT2D eigenvalue weighted by molar-refractivity contribution is 7.89. The fraction of sp³-hybridized carbons (Fsp3) is 0.273. The minimum Gasteiger partial charge on any atom is -0.318 e. The summed E-state index contributed by atoms with van der Waals surface area (Å²) in [5.41, 5.74) is 1.87. The van der Waals surface area contributed by atoms with Crippen LogP contribution in [0, 0.1) is 13.8 Å². The summed E-state index contributed by atoms with van der Waals surface area (Å²) in [5.74, 6) is 0. The van der Waals surface area contributed by atoms with E-state index in [0.29, 0.717) is 48.0 Å². The summed E-state index contributed by atoms with van der Waals surface area (Å²) < 4.78 is 83.8. The molecule has 0 N–H and O–H groups in total. The van der Waals surface area contributed by atoms with E-state index in [1.54, 1.807) is 32.9 Å². The van der Waals surface area contributed by atoms with Crippen LogP contribution in [0.25, 0.3) is 21.5 Å². The second-order valence-electron chi connectivity index (χ2n) is 15.8. The Hall–Kier alpha value is -3.88. The lowest BCUT2D eigenvalue weighted by molar-refractivity contribution is 0.402. The predicted molar refractivity (Wildman–Crippen MR) is 227 cm³/mol. The molecule has 56 heavy (non-hydrogen) atoms. The molecule has 4 heterocycles. The molecule has 6 atom stereocenters. The fourth-order valence-electron chi connectivity index (χ4n) is 9.53. The lowest BCUT2D eigenvalue weighted by Crippen LogP contribution is -2.41. The van der Waals surface area contributed by atoms with Gasteiger partial charge in [-0.3, -0.25) is 0 Å². The molecule has 0 aromatic heterocycles. The molecular weight excluding hydrogens is 779 g/mol. The van der Waals surface area contributed by atoms with Gasteiger partial charge < -0.3 is 9.13 Å². The number of aryl methyl sites for hydroxylation is 2. The second-order valence-corrected chi connectivity index (χ2v) is 25.9. The normalized spacial score (nSPS) is 27.5. The van der Waals surface area contributed by atoms with E-state index in [4.69, 9.17) is 0 Å². The Labute approximate surface area is 329 Å². The number of sulfonamides is 2. The van der Waals surface area contributed by atoms with Crippen LogP contribution >= 0.6 is 14.3 Å². The lowest BCUT2D eigenvalue weighted by atomic mass is 10.1. The van der Waals surface area contributed by atoms with Gasteiger partial charge in [0.25, 0.3) is 0 Å². The molecule has 4 saturated heterocycles. The molecule has 6 aromatic rings. The summed E-state index contributed by atoms with van der Waals surface area (Å²) in [5, 5.41) is 6.09. The van der Waals surface area contributed by atoms with Gasteiger partial charge in [0.1, 0.15) is 14.3 Å². The largest absolute Gasteiger partial charge is 0.318 e. The molecule has 0 amide bonds. The zero-order valence-electron chi connectivity index (χ0n) is 31.3. The molecule has 8 nitrogen and oxygen atoms in total. The maximum Gasteiger partial charge on any atom is 0.243 e. The highest BCUT2D eigenvalue weighted by Crippen LogP contribution is 2.64. The zero-order chi connectivity index (χ0) is 39.0. The van der Waals surface area contributed by atoms with Crippen LogP contribution in [-0.2, 0) is 29.2 Å². The van der Waals surface area contributed by atoms with Crippen LogP contribution in [0.1, 0.15) is 24.0 Å². The molecule has 0 saturated carbocycles. The Balaban J connectivity index is 0.000000146. The van der Waals surface area contributed by atoms with Crippen LogP contribution in [0.2, 0.25) is 0 Å². The first-order valence-electron chi connectivity index (χ1n) is 19.1. The van der Waals surface area contributed by atoms with Gasteiger partial charge >= 0.3 is 0 Å². The van der Waals surface area contributed by atoms with E-state index in [9.17, 15) is 26.0 Å². The molecule has 0 spiro atoms. The number of benzene rings is 6. The van der Waals surface area contributed by atoms with Gasteiger partial charge in [-0.05, 0) is 72.5 Å². The number of rotatable bonds is 6. The fourth-order valence-corrected chi connectivity index (χ4v) is 21.0. The van der Waals surface area contributed by atoms with E-state index in [-0.39, 0.29) is 23.4 Å². The van der Waals surface area contributed by atoms with Crippen molar-refractivity contribution in [3.63, 3.8) is 0 Å². The molecule has 0 aliphatic carbocycles. The molecule has 4 aliphatic heterocycles. The van der Waals surface area contributed by atoms with Gasteiger partial charge in [-0.25, -0.2) is 16.8 Å². The number of fused-ring (bicyclic) bond motifs is 6. The van der Waals surface area contributed by atoms with E-state index >= 15 is 0 Å². The Kier molecular flexibility index (Phi) is 9.35. The van der Waals surface area contributed by atoms with Crippen molar-refractivity contribution < 1.29 is 26.0 Å². The Morgan fingerprint density at radius 3 is 1.20 bits per heavy atom. The van der Waals surface area contributed by atoms with Crippen molar-refractivity contribution >= 4 is 66.5 Å². The number of hydrogen-bond acceptors (Lipinski definition) is 6. The molecular formula is C44H44N2O6P2S2. The van der Waals surface area contributed by atoms with Crippen LogP contribution in [0.5, 0.6) is 0 Å². The average Bonchev–Trinajstić information content (AvgIpc) is 3.99. The first kappa shape index (κ1) is 37.7. The van der Waals surface area contributed by atoms with Gasteiger partial charge in [-0.2, -0.15) is 8.61 Å². The SMILES string of the molecule is Cc1ccc(S(=O)(=O)N2C[C@@H]3C[C@H]2C[P@]3(=O)c2cccc3ccccc23)cc1.Cc1ccc(S(=O)(=O)N2C[C@@H]3C[C@H]2C[P@]3(=O)c2cccc3ccccc23)cc1. The maximum atomic E-state index is 14.1. The van der Waals surface area contributed by atoms with Crippen LogP contribution in [-0.4, -0.2) is 74.3 Å². The summed E-state index contributed by atoms with van der Waals surface area (Å²) in [6.45, 7) is 4.58. The summed E-state index contributed by atoms with van der Waals surface area (Å²) in [6, 6.07) is 41.6. The van der Waals surface area contributed by atoms with Crippen LogP contribution in [0.3, 0.4) is 0 Å². The van der Waals surface area contributed by atoms with Gasteiger partial charge in [0.2, 0.25) is 20.0 Å². The molecule has 0 unspecified atom stereocenters. The maximum absolute atomic E-state index is 14.1. The van der Waals surface area contributed by atoms with E-state index in [2.05, 4.69) is 0 Å². The van der Waals surface area contributed by atoms with Crippen molar-refractivity contribution in [3.8, 4) is 0 Å². The Morgan fingerprint density at radius 2 is 0.839 bits per heavy atom. The summed E-state index contributed by atoms with van der Waals surface area (Å²) in [6.07, 6.45) is 2.25. The molecule has 6 aromatic carbocycles. The highest BCUT2D eigenvalue weighted by Gasteiger charge is 2.57. The van der Waals surface area contributed by atoms with Crippen molar-refractivity contribution in [2.45, 2.75) is 59.9 Å². The Bertz CT molecular complexity index is 2620. The Morgan fingerprint density at radius 1 is 0.482 bits per heavy atom. The first-order chi connectivity index (χ1) is 26.8.